The van der Waals surface area contributed by atoms with Crippen LogP contribution in [0, 0.1) is 11.2 Å². The number of aliphatic hydroxyl groups excluding tert-OH is 1. The fourth-order valence-corrected chi connectivity index (χ4v) is 4.86. The second-order valence-corrected chi connectivity index (χ2v) is 9.80. The Bertz CT molecular complexity index is 1040. The molecule has 0 aromatic heterocycles. The van der Waals surface area contributed by atoms with Crippen molar-refractivity contribution in [2.75, 3.05) is 13.2 Å². The molecule has 0 saturated heterocycles. The summed E-state index contributed by atoms with van der Waals surface area (Å²) in [6, 6.07) is 10.9. The van der Waals surface area contributed by atoms with Gasteiger partial charge in [-0.2, -0.15) is 0 Å². The van der Waals surface area contributed by atoms with Crippen LogP contribution >= 0.6 is 23.2 Å². The molecule has 0 spiro atoms. The number of rotatable bonds is 8. The van der Waals surface area contributed by atoms with Crippen molar-refractivity contribution < 1.29 is 23.8 Å². The minimum absolute atomic E-state index is 0.0207. The van der Waals surface area contributed by atoms with E-state index in [1.807, 2.05) is 0 Å². The summed E-state index contributed by atoms with van der Waals surface area (Å²) in [4.78, 5) is 25.2. The summed E-state index contributed by atoms with van der Waals surface area (Å²) in [6.45, 7) is 1.23. The highest BCUT2D eigenvalue weighted by Gasteiger charge is 2.72. The molecule has 3 aliphatic carbocycles. The first-order valence-corrected chi connectivity index (χ1v) is 10.9. The van der Waals surface area contributed by atoms with Gasteiger partial charge in [-0.1, -0.05) is 35.3 Å². The van der Waals surface area contributed by atoms with Crippen LogP contribution in [0.1, 0.15) is 31.7 Å². The number of ether oxygens (including phenoxy) is 1. The van der Waals surface area contributed by atoms with Crippen molar-refractivity contribution in [1.29, 1.82) is 0 Å². The van der Waals surface area contributed by atoms with Crippen molar-refractivity contribution >= 4 is 35.0 Å². The van der Waals surface area contributed by atoms with Gasteiger partial charge in [-0.05, 0) is 56.0 Å². The zero-order valence-corrected chi connectivity index (χ0v) is 18.9. The third-order valence-electron chi connectivity index (χ3n) is 6.36. The smallest absolute Gasteiger partial charge is 0.258 e. The number of amides is 2. The maximum Gasteiger partial charge on any atom is 0.258 e. The first-order chi connectivity index (χ1) is 15.1. The van der Waals surface area contributed by atoms with Crippen LogP contribution in [0.4, 0.5) is 4.39 Å². The fraction of sp³-hybridized carbons (Fsp3) is 0.391. The van der Waals surface area contributed by atoms with E-state index in [1.165, 1.54) is 12.1 Å². The Morgan fingerprint density at radius 1 is 1.16 bits per heavy atom. The van der Waals surface area contributed by atoms with Crippen molar-refractivity contribution in [2.24, 2.45) is 5.41 Å². The Kier molecular flexibility index (Phi) is 5.86. The molecule has 1 unspecified atom stereocenters. The van der Waals surface area contributed by atoms with Gasteiger partial charge in [0.2, 0.25) is 5.91 Å². The van der Waals surface area contributed by atoms with Gasteiger partial charge < -0.3 is 20.5 Å². The van der Waals surface area contributed by atoms with Crippen LogP contribution in [0.3, 0.4) is 0 Å². The molecule has 3 saturated carbocycles. The van der Waals surface area contributed by atoms with Gasteiger partial charge in [-0.15, -0.1) is 0 Å². The summed E-state index contributed by atoms with van der Waals surface area (Å²) in [5.41, 5.74) is -1.15. The number of hydrogen-bond acceptors (Lipinski definition) is 4. The number of nitrogens with one attached hydrogen (secondary N) is 2. The molecule has 1 atom stereocenters. The van der Waals surface area contributed by atoms with Gasteiger partial charge in [-0.25, -0.2) is 4.39 Å². The van der Waals surface area contributed by atoms with E-state index in [0.717, 1.165) is 11.6 Å². The van der Waals surface area contributed by atoms with Crippen LogP contribution < -0.4 is 15.4 Å². The topological polar surface area (TPSA) is 87.7 Å². The average molecular weight is 481 g/mol. The Balaban J connectivity index is 1.29. The molecule has 9 heteroatoms. The molecule has 2 aromatic carbocycles. The number of carbonyl (C=O) groups excluding carboxylic acids is 2. The van der Waals surface area contributed by atoms with Gasteiger partial charge in [-0.3, -0.25) is 9.59 Å². The molecule has 170 valence electrons. The van der Waals surface area contributed by atoms with Crippen LogP contribution in [0.15, 0.2) is 42.5 Å². The summed E-state index contributed by atoms with van der Waals surface area (Å²) < 4.78 is 18.8. The van der Waals surface area contributed by atoms with Gasteiger partial charge >= 0.3 is 0 Å². The molecule has 0 heterocycles. The maximum atomic E-state index is 13.5. The lowest BCUT2D eigenvalue weighted by Crippen LogP contribution is -2.79. The average Bonchev–Trinajstić information content (AvgIpc) is 2.70. The molecule has 0 radical (unpaired) electrons. The van der Waals surface area contributed by atoms with Crippen molar-refractivity contribution in [3.8, 4) is 5.75 Å². The summed E-state index contributed by atoms with van der Waals surface area (Å²) in [6.07, 6.45) is 1.57. The third kappa shape index (κ3) is 4.17. The second kappa shape index (κ2) is 8.21. The van der Waals surface area contributed by atoms with E-state index in [2.05, 4.69) is 10.6 Å². The SMILES string of the molecule is CC(CO)(NC(=O)C12CC(NC(=O)COc3ccc(Cl)c(F)c3)(C1)C2)c1ccc(Cl)cc1. The molecule has 2 aromatic rings. The molecule has 32 heavy (non-hydrogen) atoms. The highest BCUT2D eigenvalue weighted by Crippen LogP contribution is 2.67. The lowest BCUT2D eigenvalue weighted by Gasteiger charge is -2.69. The molecule has 3 fully saturated rings. The Hall–Kier alpha value is -2.35. The first kappa shape index (κ1) is 22.8. The fourth-order valence-electron chi connectivity index (χ4n) is 4.61. The molecule has 3 N–H and O–H groups in total. The molecule has 5 rings (SSSR count). The normalized spacial score (nSPS) is 25.0. The molecule has 0 aliphatic heterocycles. The van der Waals surface area contributed by atoms with Crippen LogP contribution in [0.25, 0.3) is 0 Å². The highest BCUT2D eigenvalue weighted by atomic mass is 35.5. The minimum Gasteiger partial charge on any atom is -0.484 e. The van der Waals surface area contributed by atoms with E-state index in [1.54, 1.807) is 31.2 Å². The number of hydrogen-bond donors (Lipinski definition) is 3. The largest absolute Gasteiger partial charge is 0.484 e. The van der Waals surface area contributed by atoms with Crippen LogP contribution in [-0.4, -0.2) is 35.7 Å². The van der Waals surface area contributed by atoms with E-state index in [0.29, 0.717) is 24.3 Å². The molecular weight excluding hydrogens is 458 g/mol. The van der Waals surface area contributed by atoms with Crippen LogP contribution in [-0.2, 0) is 15.1 Å². The zero-order chi connectivity index (χ0) is 23.1. The Labute approximate surface area is 195 Å². The third-order valence-corrected chi connectivity index (χ3v) is 6.92. The van der Waals surface area contributed by atoms with Crippen molar-refractivity contribution in [3.05, 3.63) is 63.9 Å². The molecule has 3 aliphatic rings. The van der Waals surface area contributed by atoms with E-state index >= 15 is 0 Å². The van der Waals surface area contributed by atoms with Gasteiger partial charge in [0.25, 0.3) is 5.91 Å². The van der Waals surface area contributed by atoms with E-state index in [9.17, 15) is 19.1 Å². The van der Waals surface area contributed by atoms with Gasteiger partial charge in [0, 0.05) is 16.6 Å². The van der Waals surface area contributed by atoms with Gasteiger partial charge in [0.1, 0.15) is 11.6 Å². The van der Waals surface area contributed by atoms with Crippen molar-refractivity contribution in [3.63, 3.8) is 0 Å². The summed E-state index contributed by atoms with van der Waals surface area (Å²) in [5, 5.41) is 16.4. The van der Waals surface area contributed by atoms with Crippen LogP contribution in [0.2, 0.25) is 10.0 Å². The summed E-state index contributed by atoms with van der Waals surface area (Å²) in [5.74, 6) is -0.894. The van der Waals surface area contributed by atoms with Gasteiger partial charge in [0.05, 0.1) is 22.6 Å². The molecule has 6 nitrogen and oxygen atoms in total. The summed E-state index contributed by atoms with van der Waals surface area (Å²) >= 11 is 11.6. The second-order valence-electron chi connectivity index (χ2n) is 8.95. The molecule has 2 bridgehead atoms. The molecular formula is C23H23Cl2FN2O4. The zero-order valence-electron chi connectivity index (χ0n) is 17.4. The van der Waals surface area contributed by atoms with E-state index in [4.69, 9.17) is 27.9 Å². The monoisotopic (exact) mass is 480 g/mol. The number of benzene rings is 2. The predicted molar refractivity (Wildman–Crippen MR) is 118 cm³/mol. The standard InChI is InChI=1S/C23H23Cl2FN2O4/c1-21(13-29,14-2-4-15(24)5-3-14)28-20(31)22-10-23(11-22,12-22)27-19(30)9-32-16-6-7-17(25)18(26)8-16/h2-8,29H,9-13H2,1H3,(H,27,30)(H,28,31). The van der Waals surface area contributed by atoms with E-state index < -0.39 is 22.3 Å². The number of aliphatic hydroxyl groups is 1. The lowest BCUT2D eigenvalue weighted by atomic mass is 9.39. The van der Waals surface area contributed by atoms with Crippen molar-refractivity contribution in [1.82, 2.24) is 10.6 Å². The Morgan fingerprint density at radius 2 is 1.81 bits per heavy atom. The molecule has 2 amide bonds. The van der Waals surface area contributed by atoms with Crippen molar-refractivity contribution in [2.45, 2.75) is 37.3 Å². The number of halogens is 3. The lowest BCUT2D eigenvalue weighted by molar-refractivity contribution is -0.186. The minimum atomic E-state index is -0.935. The van der Waals surface area contributed by atoms with E-state index in [-0.39, 0.29) is 35.8 Å². The summed E-state index contributed by atoms with van der Waals surface area (Å²) in [7, 11) is 0. The van der Waals surface area contributed by atoms with Gasteiger partial charge in [0.15, 0.2) is 6.61 Å². The quantitative estimate of drug-likeness (QED) is 0.538. The first-order valence-electron chi connectivity index (χ1n) is 10.2. The Morgan fingerprint density at radius 3 is 2.41 bits per heavy atom. The van der Waals surface area contributed by atoms with Crippen LogP contribution in [0.5, 0.6) is 5.75 Å². The highest BCUT2D eigenvalue weighted by molar-refractivity contribution is 6.30. The predicted octanol–water partition coefficient (Wildman–Crippen LogP) is 3.57. The number of carbonyl (C=O) groups is 2. The maximum absolute atomic E-state index is 13.5.